The molecule has 0 unspecified atom stereocenters. The minimum Gasteiger partial charge on any atom is -0.497 e. The van der Waals surface area contributed by atoms with Crippen molar-refractivity contribution in [3.63, 3.8) is 0 Å². The Hall–Kier alpha value is -3.26. The van der Waals surface area contributed by atoms with Crippen molar-refractivity contribution in [1.82, 2.24) is 4.90 Å². The van der Waals surface area contributed by atoms with E-state index in [-0.39, 0.29) is 18.4 Å². The van der Waals surface area contributed by atoms with E-state index in [1.54, 1.807) is 36.3 Å². The number of methoxy groups -OCH3 is 1. The number of hydrogen-bond donors (Lipinski definition) is 1. The van der Waals surface area contributed by atoms with Crippen molar-refractivity contribution in [2.24, 2.45) is 0 Å². The van der Waals surface area contributed by atoms with Crippen LogP contribution in [-0.4, -0.2) is 69.3 Å². The maximum Gasteiger partial charge on any atom is 0.265 e. The lowest BCUT2D eigenvalue weighted by Gasteiger charge is -2.38. The highest BCUT2D eigenvalue weighted by molar-refractivity contribution is 5.95. The molecule has 8 nitrogen and oxygen atoms in total. The Morgan fingerprint density at radius 1 is 1.10 bits per heavy atom. The Morgan fingerprint density at radius 2 is 1.83 bits per heavy atom. The number of carbonyl (C=O) groups is 2. The van der Waals surface area contributed by atoms with E-state index in [2.05, 4.69) is 5.32 Å². The lowest BCUT2D eigenvalue weighted by atomic mass is 10.1. The Kier molecular flexibility index (Phi) is 6.04. The van der Waals surface area contributed by atoms with E-state index in [1.165, 1.54) is 0 Å². The van der Waals surface area contributed by atoms with Gasteiger partial charge < -0.3 is 29.3 Å². The van der Waals surface area contributed by atoms with Crippen molar-refractivity contribution in [2.75, 3.05) is 56.7 Å². The molecule has 1 N–H and O–H groups in total. The lowest BCUT2D eigenvalue weighted by Crippen LogP contribution is -2.53. The molecule has 30 heavy (non-hydrogen) atoms. The number of hydrogen-bond acceptors (Lipinski definition) is 6. The predicted octanol–water partition coefficient (Wildman–Crippen LogP) is 1.76. The molecule has 0 aromatic heterocycles. The number of nitrogens with one attached hydrogen (secondary N) is 1. The van der Waals surface area contributed by atoms with Gasteiger partial charge in [0.2, 0.25) is 5.91 Å². The van der Waals surface area contributed by atoms with Gasteiger partial charge in [-0.3, -0.25) is 9.59 Å². The maximum absolute atomic E-state index is 13.0. The van der Waals surface area contributed by atoms with Gasteiger partial charge in [0, 0.05) is 18.8 Å². The molecule has 1 saturated heterocycles. The number of nitrogens with zero attached hydrogens (tertiary/aromatic N) is 2. The van der Waals surface area contributed by atoms with Crippen LogP contribution in [0.5, 0.6) is 11.5 Å². The van der Waals surface area contributed by atoms with Crippen LogP contribution in [0.1, 0.15) is 0 Å². The number of rotatable bonds is 5. The molecule has 0 radical (unpaired) electrons. The Balaban J connectivity index is 1.46. The Labute approximate surface area is 175 Å². The molecule has 158 valence electrons. The van der Waals surface area contributed by atoms with Gasteiger partial charge in [0.15, 0.2) is 6.10 Å². The van der Waals surface area contributed by atoms with E-state index < -0.39 is 6.10 Å². The average Bonchev–Trinajstić information content (AvgIpc) is 2.79. The summed E-state index contributed by atoms with van der Waals surface area (Å²) in [5, 5.41) is 2.89. The first kappa shape index (κ1) is 20.0. The number of ether oxygens (including phenoxy) is 3. The van der Waals surface area contributed by atoms with Crippen LogP contribution >= 0.6 is 0 Å². The second kappa shape index (κ2) is 9.04. The van der Waals surface area contributed by atoms with E-state index >= 15 is 0 Å². The van der Waals surface area contributed by atoms with Crippen molar-refractivity contribution in [3.05, 3.63) is 48.5 Å². The highest BCUT2D eigenvalue weighted by Crippen LogP contribution is 2.33. The van der Waals surface area contributed by atoms with E-state index in [9.17, 15) is 9.59 Å². The second-order valence-corrected chi connectivity index (χ2v) is 7.17. The molecular weight excluding hydrogens is 386 g/mol. The molecule has 2 amide bonds. The predicted molar refractivity (Wildman–Crippen MR) is 112 cm³/mol. The monoisotopic (exact) mass is 411 g/mol. The van der Waals surface area contributed by atoms with Crippen LogP contribution < -0.4 is 19.7 Å². The molecule has 4 rings (SSSR count). The summed E-state index contributed by atoms with van der Waals surface area (Å²) in [4.78, 5) is 29.3. The SMILES string of the molecule is COc1ccc(NC(=O)CN2C[C@H](C(=O)N3CCOCC3)Oc3ccccc32)cc1. The fourth-order valence-corrected chi connectivity index (χ4v) is 3.62. The first-order valence-electron chi connectivity index (χ1n) is 9.95. The molecule has 2 heterocycles. The van der Waals surface area contributed by atoms with Crippen molar-refractivity contribution in [3.8, 4) is 11.5 Å². The van der Waals surface area contributed by atoms with Crippen molar-refractivity contribution >= 4 is 23.2 Å². The number of carbonyl (C=O) groups excluding carboxylic acids is 2. The van der Waals surface area contributed by atoms with Gasteiger partial charge in [-0.15, -0.1) is 0 Å². The zero-order chi connectivity index (χ0) is 20.9. The van der Waals surface area contributed by atoms with Crippen LogP contribution in [0.3, 0.4) is 0 Å². The van der Waals surface area contributed by atoms with Crippen LogP contribution in [0.4, 0.5) is 11.4 Å². The molecule has 1 fully saturated rings. The van der Waals surface area contributed by atoms with Gasteiger partial charge in [-0.1, -0.05) is 12.1 Å². The molecule has 0 bridgehead atoms. The molecule has 2 aliphatic rings. The van der Waals surface area contributed by atoms with E-state index in [0.717, 1.165) is 11.4 Å². The number of morpholine rings is 1. The second-order valence-electron chi connectivity index (χ2n) is 7.17. The van der Waals surface area contributed by atoms with Crippen molar-refractivity contribution < 1.29 is 23.8 Å². The number of para-hydroxylation sites is 2. The molecule has 2 aliphatic heterocycles. The van der Waals surface area contributed by atoms with Gasteiger partial charge in [-0.25, -0.2) is 0 Å². The van der Waals surface area contributed by atoms with Crippen molar-refractivity contribution in [2.45, 2.75) is 6.10 Å². The van der Waals surface area contributed by atoms with Crippen LogP contribution in [0.2, 0.25) is 0 Å². The number of fused-ring (bicyclic) bond motifs is 1. The number of anilines is 2. The van der Waals surface area contributed by atoms with E-state index in [0.29, 0.717) is 44.3 Å². The summed E-state index contributed by atoms with van der Waals surface area (Å²) in [7, 11) is 1.60. The first-order chi connectivity index (χ1) is 14.6. The average molecular weight is 411 g/mol. The smallest absolute Gasteiger partial charge is 0.265 e. The third-order valence-corrected chi connectivity index (χ3v) is 5.17. The van der Waals surface area contributed by atoms with Crippen molar-refractivity contribution in [1.29, 1.82) is 0 Å². The van der Waals surface area contributed by atoms with Crippen LogP contribution in [0.15, 0.2) is 48.5 Å². The minimum absolute atomic E-state index is 0.0756. The van der Waals surface area contributed by atoms with Gasteiger partial charge >= 0.3 is 0 Å². The first-order valence-corrected chi connectivity index (χ1v) is 9.95. The third-order valence-electron chi connectivity index (χ3n) is 5.17. The van der Waals surface area contributed by atoms with E-state index in [1.807, 2.05) is 29.2 Å². The maximum atomic E-state index is 13.0. The fraction of sp³-hybridized carbons (Fsp3) is 0.364. The summed E-state index contributed by atoms with van der Waals surface area (Å²) in [6.45, 7) is 2.59. The summed E-state index contributed by atoms with van der Waals surface area (Å²) >= 11 is 0. The van der Waals surface area contributed by atoms with Gasteiger partial charge in [0.05, 0.1) is 39.1 Å². The highest BCUT2D eigenvalue weighted by Gasteiger charge is 2.34. The summed E-state index contributed by atoms with van der Waals surface area (Å²) in [6, 6.07) is 14.6. The Morgan fingerprint density at radius 3 is 2.57 bits per heavy atom. The number of amides is 2. The van der Waals surface area contributed by atoms with Crippen LogP contribution in [-0.2, 0) is 14.3 Å². The minimum atomic E-state index is -0.660. The standard InChI is InChI=1S/C22H25N3O5/c1-28-17-8-6-16(7-9-17)23-21(26)15-25-14-20(22(27)24-10-12-29-13-11-24)30-19-5-3-2-4-18(19)25/h2-9,20H,10-15H2,1H3,(H,23,26)/t20-/m1/s1. The molecule has 0 spiro atoms. The van der Waals surface area contributed by atoms with Gasteiger partial charge in [0.1, 0.15) is 11.5 Å². The van der Waals surface area contributed by atoms with E-state index in [4.69, 9.17) is 14.2 Å². The zero-order valence-corrected chi connectivity index (χ0v) is 16.9. The summed E-state index contributed by atoms with van der Waals surface area (Å²) < 4.78 is 16.5. The lowest BCUT2D eigenvalue weighted by molar-refractivity contribution is -0.142. The largest absolute Gasteiger partial charge is 0.497 e. The third kappa shape index (κ3) is 4.49. The summed E-state index contributed by atoms with van der Waals surface area (Å²) in [5.41, 5.74) is 1.48. The highest BCUT2D eigenvalue weighted by atomic mass is 16.5. The summed E-state index contributed by atoms with van der Waals surface area (Å²) in [5.74, 6) is 1.08. The molecule has 2 aromatic rings. The zero-order valence-electron chi connectivity index (χ0n) is 16.9. The molecule has 2 aromatic carbocycles. The number of benzene rings is 2. The Bertz CT molecular complexity index is 896. The van der Waals surface area contributed by atoms with Gasteiger partial charge in [0.25, 0.3) is 5.91 Å². The fourth-order valence-electron chi connectivity index (χ4n) is 3.62. The van der Waals surface area contributed by atoms with Crippen LogP contribution in [0.25, 0.3) is 0 Å². The molecule has 0 aliphatic carbocycles. The quantitative estimate of drug-likeness (QED) is 0.808. The molecule has 1 atom stereocenters. The van der Waals surface area contributed by atoms with Gasteiger partial charge in [-0.05, 0) is 36.4 Å². The van der Waals surface area contributed by atoms with Crippen LogP contribution in [0, 0.1) is 0 Å². The van der Waals surface area contributed by atoms with Gasteiger partial charge in [-0.2, -0.15) is 0 Å². The normalized spacial score (nSPS) is 18.2. The molecule has 8 heteroatoms. The molecular formula is C22H25N3O5. The molecule has 0 saturated carbocycles. The topological polar surface area (TPSA) is 80.3 Å². The summed E-state index contributed by atoms with van der Waals surface area (Å²) in [6.07, 6.45) is -0.660.